The van der Waals surface area contributed by atoms with Crippen molar-refractivity contribution in [2.45, 2.75) is 20.8 Å². The van der Waals surface area contributed by atoms with Crippen molar-refractivity contribution >= 4 is 23.2 Å². The van der Waals surface area contributed by atoms with Crippen molar-refractivity contribution in [3.63, 3.8) is 0 Å². The van der Waals surface area contributed by atoms with E-state index < -0.39 is 0 Å². The predicted molar refractivity (Wildman–Crippen MR) is 113 cm³/mol. The third-order valence-corrected chi connectivity index (χ3v) is 4.91. The molecule has 0 fully saturated rings. The summed E-state index contributed by atoms with van der Waals surface area (Å²) >= 11 is 6.29. The minimum Gasteiger partial charge on any atom is -0.360 e. The Morgan fingerprint density at radius 3 is 2.59 bits per heavy atom. The van der Waals surface area contributed by atoms with Crippen LogP contribution in [0.1, 0.15) is 27.5 Å². The number of amides is 1. The molecule has 0 bridgehead atoms. The Morgan fingerprint density at radius 1 is 1.07 bits per heavy atom. The van der Waals surface area contributed by atoms with Crippen LogP contribution in [0.25, 0.3) is 16.9 Å². The van der Waals surface area contributed by atoms with Crippen molar-refractivity contribution in [3.8, 4) is 16.9 Å². The van der Waals surface area contributed by atoms with Gasteiger partial charge in [0.15, 0.2) is 0 Å². The summed E-state index contributed by atoms with van der Waals surface area (Å²) in [5.74, 6) is 0.108. The number of hydrogen-bond donors (Lipinski definition) is 1. The van der Waals surface area contributed by atoms with Crippen molar-refractivity contribution in [2.75, 3.05) is 5.32 Å². The van der Waals surface area contributed by atoms with Crippen LogP contribution in [-0.4, -0.2) is 20.8 Å². The summed E-state index contributed by atoms with van der Waals surface area (Å²) in [5.41, 5.74) is 4.87. The van der Waals surface area contributed by atoms with Crippen LogP contribution in [0.3, 0.4) is 0 Å². The second kappa shape index (κ2) is 7.56. The summed E-state index contributed by atoms with van der Waals surface area (Å²) in [5, 5.41) is 12.0. The van der Waals surface area contributed by atoms with E-state index in [1.807, 2.05) is 61.0 Å². The average Bonchev–Trinajstić information content (AvgIpc) is 3.24. The van der Waals surface area contributed by atoms with Gasteiger partial charge >= 0.3 is 0 Å². The number of carbonyl (C=O) groups excluding carboxylic acids is 1. The van der Waals surface area contributed by atoms with Crippen molar-refractivity contribution in [1.82, 2.24) is 14.9 Å². The van der Waals surface area contributed by atoms with Gasteiger partial charge in [0.25, 0.3) is 5.91 Å². The number of carbonyl (C=O) groups is 1. The van der Waals surface area contributed by atoms with Gasteiger partial charge in [-0.05, 0) is 51.1 Å². The van der Waals surface area contributed by atoms with Gasteiger partial charge in [-0.3, -0.25) is 4.79 Å². The predicted octanol–water partition coefficient (Wildman–Crippen LogP) is 5.36. The molecular weight excluding hydrogens is 388 g/mol. The molecule has 4 rings (SSSR count). The number of nitrogens with zero attached hydrogens (tertiary/aromatic N) is 3. The van der Waals surface area contributed by atoms with Gasteiger partial charge in [0.1, 0.15) is 17.0 Å². The fourth-order valence-electron chi connectivity index (χ4n) is 3.28. The smallest absolute Gasteiger partial charge is 0.261 e. The monoisotopic (exact) mass is 406 g/mol. The van der Waals surface area contributed by atoms with E-state index in [1.165, 1.54) is 0 Å². The molecule has 0 spiro atoms. The first-order valence-electron chi connectivity index (χ1n) is 9.10. The van der Waals surface area contributed by atoms with Crippen molar-refractivity contribution in [2.24, 2.45) is 0 Å². The van der Waals surface area contributed by atoms with E-state index in [0.717, 1.165) is 17.1 Å². The lowest BCUT2D eigenvalue weighted by atomic mass is 10.1. The third kappa shape index (κ3) is 3.67. The van der Waals surface area contributed by atoms with E-state index in [4.69, 9.17) is 16.1 Å². The molecule has 0 aliphatic carbocycles. The van der Waals surface area contributed by atoms with Crippen LogP contribution in [0.5, 0.6) is 0 Å². The summed E-state index contributed by atoms with van der Waals surface area (Å²) < 4.78 is 7.13. The summed E-state index contributed by atoms with van der Waals surface area (Å²) in [6.45, 7) is 5.64. The quantitative estimate of drug-likeness (QED) is 0.495. The summed E-state index contributed by atoms with van der Waals surface area (Å²) in [6, 6.07) is 16.7. The molecule has 0 aliphatic rings. The highest BCUT2D eigenvalue weighted by atomic mass is 35.5. The van der Waals surface area contributed by atoms with E-state index in [9.17, 15) is 4.79 Å². The summed E-state index contributed by atoms with van der Waals surface area (Å²) in [6.07, 6.45) is 0. The topological polar surface area (TPSA) is 73.0 Å². The average molecular weight is 407 g/mol. The number of anilines is 1. The van der Waals surface area contributed by atoms with E-state index in [0.29, 0.717) is 33.3 Å². The molecular formula is C22H19ClN4O2. The molecule has 29 heavy (non-hydrogen) atoms. The largest absolute Gasteiger partial charge is 0.360 e. The number of halogens is 1. The number of aryl methyl sites for hydroxylation is 3. The normalized spacial score (nSPS) is 10.9. The fourth-order valence-corrected chi connectivity index (χ4v) is 3.50. The molecule has 1 N–H and O–H groups in total. The van der Waals surface area contributed by atoms with Crippen LogP contribution in [0.2, 0.25) is 5.02 Å². The standard InChI is InChI=1S/C22H19ClN4O2/c1-13-11-14(2)27(25-13)17-8-6-7-16(12-17)24-22(28)20-15(3)29-26-21(20)18-9-4-5-10-19(18)23/h4-12H,1-3H3,(H,24,28). The maximum atomic E-state index is 13.0. The maximum Gasteiger partial charge on any atom is 0.261 e. The molecule has 0 unspecified atom stereocenters. The SMILES string of the molecule is Cc1cc(C)n(-c2cccc(NC(=O)c3c(-c4ccccc4Cl)noc3C)c2)n1. The van der Waals surface area contributed by atoms with Crippen molar-refractivity contribution < 1.29 is 9.32 Å². The zero-order chi connectivity index (χ0) is 20.5. The molecule has 0 aliphatic heterocycles. The highest BCUT2D eigenvalue weighted by Crippen LogP contribution is 2.31. The lowest BCUT2D eigenvalue weighted by molar-refractivity contribution is 0.102. The zero-order valence-corrected chi connectivity index (χ0v) is 17.0. The Balaban J connectivity index is 1.66. The van der Waals surface area contributed by atoms with E-state index >= 15 is 0 Å². The van der Waals surface area contributed by atoms with Gasteiger partial charge in [-0.25, -0.2) is 4.68 Å². The van der Waals surface area contributed by atoms with Crippen LogP contribution in [0, 0.1) is 20.8 Å². The van der Waals surface area contributed by atoms with Crippen molar-refractivity contribution in [1.29, 1.82) is 0 Å². The van der Waals surface area contributed by atoms with Gasteiger partial charge in [0.05, 0.1) is 16.4 Å². The Kier molecular flexibility index (Phi) is 4.94. The zero-order valence-electron chi connectivity index (χ0n) is 16.2. The molecule has 0 saturated carbocycles. The van der Waals surface area contributed by atoms with Crippen LogP contribution < -0.4 is 5.32 Å². The fraction of sp³-hybridized carbons (Fsp3) is 0.136. The second-order valence-corrected chi connectivity index (χ2v) is 7.19. The molecule has 2 aromatic heterocycles. The molecule has 0 radical (unpaired) electrons. The Morgan fingerprint density at radius 2 is 1.86 bits per heavy atom. The number of aromatic nitrogens is 3. The first-order valence-corrected chi connectivity index (χ1v) is 9.48. The highest BCUT2D eigenvalue weighted by Gasteiger charge is 2.23. The Labute approximate surface area is 173 Å². The van der Waals surface area contributed by atoms with E-state index in [1.54, 1.807) is 19.1 Å². The van der Waals surface area contributed by atoms with E-state index in [-0.39, 0.29) is 5.91 Å². The van der Waals surface area contributed by atoms with Gasteiger partial charge in [-0.15, -0.1) is 0 Å². The Hall–Kier alpha value is -3.38. The first-order chi connectivity index (χ1) is 13.9. The number of hydrogen-bond acceptors (Lipinski definition) is 4. The molecule has 2 heterocycles. The van der Waals surface area contributed by atoms with Crippen LogP contribution in [0.4, 0.5) is 5.69 Å². The lowest BCUT2D eigenvalue weighted by Gasteiger charge is -2.09. The van der Waals surface area contributed by atoms with Gasteiger partial charge in [-0.1, -0.05) is 41.0 Å². The lowest BCUT2D eigenvalue weighted by Crippen LogP contribution is -2.14. The summed E-state index contributed by atoms with van der Waals surface area (Å²) in [7, 11) is 0. The number of benzene rings is 2. The van der Waals surface area contributed by atoms with Gasteiger partial charge in [0.2, 0.25) is 0 Å². The van der Waals surface area contributed by atoms with E-state index in [2.05, 4.69) is 15.6 Å². The molecule has 0 saturated heterocycles. The summed E-state index contributed by atoms with van der Waals surface area (Å²) in [4.78, 5) is 13.0. The van der Waals surface area contributed by atoms with Gasteiger partial charge in [-0.2, -0.15) is 5.10 Å². The van der Waals surface area contributed by atoms with Gasteiger partial charge in [0, 0.05) is 16.9 Å². The maximum absolute atomic E-state index is 13.0. The molecule has 4 aromatic rings. The minimum absolute atomic E-state index is 0.316. The molecule has 0 atom stereocenters. The molecule has 146 valence electrons. The molecule has 6 nitrogen and oxygen atoms in total. The number of rotatable bonds is 4. The second-order valence-electron chi connectivity index (χ2n) is 6.79. The van der Waals surface area contributed by atoms with Crippen molar-refractivity contribution in [3.05, 3.63) is 82.3 Å². The number of nitrogens with one attached hydrogen (secondary N) is 1. The molecule has 2 aromatic carbocycles. The Bertz CT molecular complexity index is 1210. The first kappa shape index (κ1) is 19.0. The third-order valence-electron chi connectivity index (χ3n) is 4.58. The molecule has 1 amide bonds. The van der Waals surface area contributed by atoms with Gasteiger partial charge < -0.3 is 9.84 Å². The van der Waals surface area contributed by atoms with Crippen LogP contribution >= 0.6 is 11.6 Å². The molecule has 7 heteroatoms. The highest BCUT2D eigenvalue weighted by molar-refractivity contribution is 6.33. The minimum atomic E-state index is -0.316. The van der Waals surface area contributed by atoms with Crippen LogP contribution in [-0.2, 0) is 0 Å². The van der Waals surface area contributed by atoms with Crippen LogP contribution in [0.15, 0.2) is 59.1 Å².